The number of anilines is 2. The maximum atomic E-state index is 13.1. The van der Waals surface area contributed by atoms with Gasteiger partial charge in [0.2, 0.25) is 5.95 Å². The topological polar surface area (TPSA) is 99.5 Å². The van der Waals surface area contributed by atoms with Gasteiger partial charge in [0, 0.05) is 63.6 Å². The fraction of sp³-hybridized carbons (Fsp3) is 0.519. The van der Waals surface area contributed by atoms with Gasteiger partial charge in [0.15, 0.2) is 0 Å². The Labute approximate surface area is 216 Å². The average molecular weight is 503 g/mol. The standard InChI is InChI=1S/C27H34N8O2/c1-32(2)26(37)22-11-19-13-29-27(31-24(19)35(22)20-6-4-5-7-20)30-23-9-8-18(12-28-23)25(36)34-15-17-10-21(16-34)33(3)14-17/h8-9,11-13,17,20-21H,4-7,10,14-16H2,1-3H3,(H,28,29,30,31). The molecule has 5 heterocycles. The van der Waals surface area contributed by atoms with Gasteiger partial charge in [-0.15, -0.1) is 0 Å². The molecule has 2 amide bonds. The molecule has 2 saturated heterocycles. The highest BCUT2D eigenvalue weighted by molar-refractivity contribution is 5.98. The van der Waals surface area contributed by atoms with Crippen molar-refractivity contribution in [2.24, 2.45) is 5.92 Å². The smallest absolute Gasteiger partial charge is 0.270 e. The second kappa shape index (κ2) is 9.41. The summed E-state index contributed by atoms with van der Waals surface area (Å²) < 4.78 is 2.09. The van der Waals surface area contributed by atoms with E-state index in [0.29, 0.717) is 35.0 Å². The number of fused-ring (bicyclic) bond motifs is 3. The molecule has 3 aromatic heterocycles. The van der Waals surface area contributed by atoms with Crippen molar-refractivity contribution < 1.29 is 9.59 Å². The Balaban J connectivity index is 1.22. The van der Waals surface area contributed by atoms with E-state index in [0.717, 1.165) is 56.4 Å². The molecule has 0 spiro atoms. The zero-order valence-electron chi connectivity index (χ0n) is 21.7. The highest BCUT2D eigenvalue weighted by Crippen LogP contribution is 2.35. The first-order valence-electron chi connectivity index (χ1n) is 13.2. The number of likely N-dealkylation sites (tertiary alicyclic amines) is 2. The molecule has 10 nitrogen and oxygen atoms in total. The molecule has 1 saturated carbocycles. The molecule has 37 heavy (non-hydrogen) atoms. The third-order valence-electron chi connectivity index (χ3n) is 8.11. The predicted molar refractivity (Wildman–Crippen MR) is 141 cm³/mol. The molecule has 10 heteroatoms. The predicted octanol–water partition coefficient (Wildman–Crippen LogP) is 3.16. The van der Waals surface area contributed by atoms with Gasteiger partial charge in [-0.3, -0.25) is 9.59 Å². The van der Waals surface area contributed by atoms with Crippen molar-refractivity contribution in [3.63, 3.8) is 0 Å². The fourth-order valence-electron chi connectivity index (χ4n) is 6.23. The zero-order chi connectivity index (χ0) is 25.7. The van der Waals surface area contributed by atoms with Crippen LogP contribution in [-0.4, -0.2) is 92.9 Å². The summed E-state index contributed by atoms with van der Waals surface area (Å²) >= 11 is 0. The number of piperidine rings is 1. The average Bonchev–Trinajstić information content (AvgIpc) is 3.61. The molecular formula is C27H34N8O2. The number of pyridine rings is 1. The second-order valence-electron chi connectivity index (χ2n) is 11.0. The number of rotatable bonds is 5. The lowest BCUT2D eigenvalue weighted by Gasteiger charge is -2.32. The Morgan fingerprint density at radius 3 is 2.54 bits per heavy atom. The SMILES string of the molecule is CN(C)C(=O)c1cc2cnc(Nc3ccc(C(=O)N4CC5CC(C4)N(C)C5)cn3)nc2n1C1CCCC1. The van der Waals surface area contributed by atoms with Gasteiger partial charge in [0.1, 0.15) is 17.2 Å². The van der Waals surface area contributed by atoms with Crippen molar-refractivity contribution >= 4 is 34.6 Å². The van der Waals surface area contributed by atoms with Crippen molar-refractivity contribution in [2.75, 3.05) is 46.1 Å². The van der Waals surface area contributed by atoms with E-state index in [4.69, 9.17) is 4.98 Å². The van der Waals surface area contributed by atoms with E-state index in [1.54, 1.807) is 37.5 Å². The molecule has 3 fully saturated rings. The van der Waals surface area contributed by atoms with Gasteiger partial charge in [-0.25, -0.2) is 9.97 Å². The molecule has 0 radical (unpaired) electrons. The Morgan fingerprint density at radius 1 is 1.03 bits per heavy atom. The number of amides is 2. The molecule has 3 aliphatic rings. The Bertz CT molecular complexity index is 1330. The van der Waals surface area contributed by atoms with E-state index in [-0.39, 0.29) is 17.9 Å². The number of carbonyl (C=O) groups excluding carboxylic acids is 2. The van der Waals surface area contributed by atoms with Gasteiger partial charge in [-0.05, 0) is 50.4 Å². The lowest BCUT2D eigenvalue weighted by molar-refractivity contribution is 0.0675. The summed E-state index contributed by atoms with van der Waals surface area (Å²) in [5.74, 6) is 1.54. The van der Waals surface area contributed by atoms with Gasteiger partial charge in [0.05, 0.1) is 5.56 Å². The molecule has 2 unspecified atom stereocenters. The number of carbonyl (C=O) groups is 2. The molecule has 0 aromatic carbocycles. The number of hydrogen-bond acceptors (Lipinski definition) is 7. The van der Waals surface area contributed by atoms with E-state index >= 15 is 0 Å². The molecule has 1 N–H and O–H groups in total. The maximum absolute atomic E-state index is 13.1. The summed E-state index contributed by atoms with van der Waals surface area (Å²) in [6.45, 7) is 2.65. The van der Waals surface area contributed by atoms with Crippen LogP contribution in [0.5, 0.6) is 0 Å². The van der Waals surface area contributed by atoms with Crippen molar-refractivity contribution in [1.82, 2.24) is 34.2 Å². The van der Waals surface area contributed by atoms with Crippen LogP contribution in [0.1, 0.15) is 59.0 Å². The van der Waals surface area contributed by atoms with Crippen LogP contribution in [0.4, 0.5) is 11.8 Å². The van der Waals surface area contributed by atoms with E-state index in [1.807, 2.05) is 17.0 Å². The zero-order valence-corrected chi connectivity index (χ0v) is 21.7. The lowest BCUT2D eigenvalue weighted by Crippen LogP contribution is -2.44. The van der Waals surface area contributed by atoms with Crippen LogP contribution >= 0.6 is 0 Å². The lowest BCUT2D eigenvalue weighted by atomic mass is 9.99. The molecule has 3 aromatic rings. The normalized spacial score (nSPS) is 22.1. The maximum Gasteiger partial charge on any atom is 0.270 e. The second-order valence-corrected chi connectivity index (χ2v) is 11.0. The molecule has 2 atom stereocenters. The first-order chi connectivity index (χ1) is 17.9. The van der Waals surface area contributed by atoms with Crippen LogP contribution in [0.15, 0.2) is 30.6 Å². The van der Waals surface area contributed by atoms with Crippen LogP contribution in [0, 0.1) is 5.92 Å². The summed E-state index contributed by atoms with van der Waals surface area (Å²) in [6, 6.07) is 6.21. The fourth-order valence-corrected chi connectivity index (χ4v) is 6.23. The quantitative estimate of drug-likeness (QED) is 0.572. The molecule has 6 rings (SSSR count). The Hall–Kier alpha value is -3.53. The van der Waals surface area contributed by atoms with Gasteiger partial charge < -0.3 is 24.6 Å². The van der Waals surface area contributed by atoms with Crippen LogP contribution in [-0.2, 0) is 0 Å². The van der Waals surface area contributed by atoms with Crippen LogP contribution < -0.4 is 5.32 Å². The molecule has 2 aliphatic heterocycles. The molecular weight excluding hydrogens is 468 g/mol. The van der Waals surface area contributed by atoms with Crippen molar-refractivity contribution in [3.05, 3.63) is 41.9 Å². The van der Waals surface area contributed by atoms with Crippen LogP contribution in [0.3, 0.4) is 0 Å². The number of nitrogens with one attached hydrogen (secondary N) is 1. The van der Waals surface area contributed by atoms with E-state index in [1.165, 1.54) is 6.42 Å². The largest absolute Gasteiger partial charge is 0.343 e. The summed E-state index contributed by atoms with van der Waals surface area (Å²) in [5, 5.41) is 4.02. The third kappa shape index (κ3) is 4.43. The Kier molecular flexibility index (Phi) is 6.06. The minimum Gasteiger partial charge on any atom is -0.343 e. The summed E-state index contributed by atoms with van der Waals surface area (Å²) in [6.07, 6.45) is 8.94. The van der Waals surface area contributed by atoms with Crippen molar-refractivity contribution in [1.29, 1.82) is 0 Å². The summed E-state index contributed by atoms with van der Waals surface area (Å²) in [4.78, 5) is 45.7. The summed E-state index contributed by atoms with van der Waals surface area (Å²) in [7, 11) is 5.68. The van der Waals surface area contributed by atoms with Gasteiger partial charge in [-0.1, -0.05) is 12.8 Å². The summed E-state index contributed by atoms with van der Waals surface area (Å²) in [5.41, 5.74) is 2.00. The van der Waals surface area contributed by atoms with E-state index in [2.05, 4.69) is 31.8 Å². The third-order valence-corrected chi connectivity index (χ3v) is 8.11. The van der Waals surface area contributed by atoms with Crippen molar-refractivity contribution in [2.45, 2.75) is 44.2 Å². The van der Waals surface area contributed by atoms with Gasteiger partial charge in [-0.2, -0.15) is 4.98 Å². The van der Waals surface area contributed by atoms with E-state index < -0.39 is 0 Å². The first kappa shape index (κ1) is 23.8. The minimum atomic E-state index is -0.0327. The van der Waals surface area contributed by atoms with Gasteiger partial charge in [0.25, 0.3) is 11.8 Å². The first-order valence-corrected chi connectivity index (χ1v) is 13.2. The number of aromatic nitrogens is 4. The number of nitrogens with zero attached hydrogens (tertiary/aromatic N) is 7. The highest BCUT2D eigenvalue weighted by atomic mass is 16.2. The minimum absolute atomic E-state index is 0.0327. The Morgan fingerprint density at radius 2 is 1.84 bits per heavy atom. The monoisotopic (exact) mass is 502 g/mol. The number of likely N-dealkylation sites (N-methyl/N-ethyl adjacent to an activating group) is 1. The van der Waals surface area contributed by atoms with E-state index in [9.17, 15) is 9.59 Å². The van der Waals surface area contributed by atoms with Crippen LogP contribution in [0.25, 0.3) is 11.0 Å². The van der Waals surface area contributed by atoms with Crippen LogP contribution in [0.2, 0.25) is 0 Å². The molecule has 1 aliphatic carbocycles. The molecule has 194 valence electrons. The van der Waals surface area contributed by atoms with Crippen molar-refractivity contribution in [3.8, 4) is 0 Å². The van der Waals surface area contributed by atoms with Gasteiger partial charge >= 0.3 is 0 Å². The number of hydrogen-bond donors (Lipinski definition) is 1. The molecule has 2 bridgehead atoms. The highest BCUT2D eigenvalue weighted by Gasteiger charge is 2.38.